The molecule has 0 aromatic rings. The lowest BCUT2D eigenvalue weighted by atomic mass is 9.97. The maximum atomic E-state index is 10.4. The third kappa shape index (κ3) is 6.76. The predicted octanol–water partition coefficient (Wildman–Crippen LogP) is 2.81. The Hall–Kier alpha value is -0.370. The normalized spacial score (nSPS) is 14.2. The predicted molar refractivity (Wildman–Crippen MR) is 54.8 cm³/mol. The van der Waals surface area contributed by atoms with Gasteiger partial charge in [-0.3, -0.25) is 0 Å². The molecule has 2 heteroatoms. The van der Waals surface area contributed by atoms with Gasteiger partial charge in [0.2, 0.25) is 0 Å². The molecule has 0 saturated carbocycles. The van der Waals surface area contributed by atoms with Crippen LogP contribution < -0.4 is 0 Å². The van der Waals surface area contributed by atoms with E-state index in [1.54, 1.807) is 0 Å². The quantitative estimate of drug-likeness (QED) is 0.571. The fourth-order valence-corrected chi connectivity index (χ4v) is 1.38. The molecule has 0 amide bonds. The highest BCUT2D eigenvalue weighted by Crippen LogP contribution is 2.19. The summed E-state index contributed by atoms with van der Waals surface area (Å²) in [5.74, 6) is 0.192. The highest BCUT2D eigenvalue weighted by molar-refractivity contribution is 5.52. The van der Waals surface area contributed by atoms with Crippen LogP contribution in [-0.4, -0.2) is 18.5 Å². The highest BCUT2D eigenvalue weighted by atomic mass is 16.5. The lowest BCUT2D eigenvalue weighted by Crippen LogP contribution is -2.24. The van der Waals surface area contributed by atoms with Gasteiger partial charge in [0.05, 0.1) is 5.60 Å². The van der Waals surface area contributed by atoms with Crippen LogP contribution in [0.3, 0.4) is 0 Å². The van der Waals surface area contributed by atoms with Crippen LogP contribution in [0, 0.1) is 5.92 Å². The van der Waals surface area contributed by atoms with E-state index in [0.717, 1.165) is 32.2 Å². The zero-order chi connectivity index (χ0) is 10.3. The summed E-state index contributed by atoms with van der Waals surface area (Å²) in [6.07, 6.45) is 4.08. The minimum absolute atomic E-state index is 0.0304. The number of aldehydes is 1. The summed E-state index contributed by atoms with van der Waals surface area (Å²) in [6, 6.07) is 0. The van der Waals surface area contributed by atoms with Crippen molar-refractivity contribution in [3.05, 3.63) is 0 Å². The smallest absolute Gasteiger partial charge is 0.122 e. The minimum atomic E-state index is -0.0304. The Kier molecular flexibility index (Phi) is 5.97. The fourth-order valence-electron chi connectivity index (χ4n) is 1.38. The van der Waals surface area contributed by atoms with Gasteiger partial charge in [-0.1, -0.05) is 6.92 Å². The van der Waals surface area contributed by atoms with E-state index in [1.807, 2.05) is 13.8 Å². The van der Waals surface area contributed by atoms with Gasteiger partial charge < -0.3 is 9.53 Å². The number of ether oxygens (including phenoxy) is 1. The van der Waals surface area contributed by atoms with Gasteiger partial charge >= 0.3 is 0 Å². The van der Waals surface area contributed by atoms with Crippen molar-refractivity contribution in [1.29, 1.82) is 0 Å². The number of carbonyl (C=O) groups is 1. The number of hydrogen-bond donors (Lipinski definition) is 0. The average molecular weight is 186 g/mol. The Bertz CT molecular complexity index is 141. The van der Waals surface area contributed by atoms with E-state index in [4.69, 9.17) is 4.74 Å². The van der Waals surface area contributed by atoms with Gasteiger partial charge in [-0.05, 0) is 40.0 Å². The molecule has 1 unspecified atom stereocenters. The molecular weight excluding hydrogens is 164 g/mol. The molecule has 2 nitrogen and oxygen atoms in total. The topological polar surface area (TPSA) is 26.3 Å². The summed E-state index contributed by atoms with van der Waals surface area (Å²) in [7, 11) is 0. The third-order valence-corrected chi connectivity index (χ3v) is 2.21. The van der Waals surface area contributed by atoms with Crippen molar-refractivity contribution in [2.45, 2.75) is 52.6 Å². The molecule has 1 atom stereocenters. The largest absolute Gasteiger partial charge is 0.376 e. The maximum Gasteiger partial charge on any atom is 0.122 e. The van der Waals surface area contributed by atoms with Crippen LogP contribution in [0.1, 0.15) is 47.0 Å². The lowest BCUT2D eigenvalue weighted by molar-refractivity contribution is -0.111. The molecule has 0 heterocycles. The third-order valence-electron chi connectivity index (χ3n) is 2.21. The monoisotopic (exact) mass is 186 g/mol. The first-order chi connectivity index (χ1) is 6.02. The van der Waals surface area contributed by atoms with Gasteiger partial charge in [0.25, 0.3) is 0 Å². The number of carbonyl (C=O) groups excluding carboxylic acids is 1. The first kappa shape index (κ1) is 12.6. The van der Waals surface area contributed by atoms with Gasteiger partial charge in [-0.15, -0.1) is 0 Å². The highest BCUT2D eigenvalue weighted by Gasteiger charge is 2.16. The second kappa shape index (κ2) is 6.14. The van der Waals surface area contributed by atoms with E-state index in [2.05, 4.69) is 13.8 Å². The molecule has 0 aromatic heterocycles. The van der Waals surface area contributed by atoms with E-state index in [1.165, 1.54) is 0 Å². The second-order valence-electron chi connectivity index (χ2n) is 4.20. The average Bonchev–Trinajstić information content (AvgIpc) is 2.03. The van der Waals surface area contributed by atoms with Crippen molar-refractivity contribution in [2.24, 2.45) is 5.92 Å². The van der Waals surface area contributed by atoms with Crippen LogP contribution in [-0.2, 0) is 9.53 Å². The Morgan fingerprint density at radius 1 is 1.46 bits per heavy atom. The van der Waals surface area contributed by atoms with Crippen LogP contribution >= 0.6 is 0 Å². The minimum Gasteiger partial charge on any atom is -0.376 e. The van der Waals surface area contributed by atoms with Crippen molar-refractivity contribution in [3.8, 4) is 0 Å². The first-order valence-electron chi connectivity index (χ1n) is 5.11. The van der Waals surface area contributed by atoms with E-state index in [9.17, 15) is 4.79 Å². The van der Waals surface area contributed by atoms with Crippen molar-refractivity contribution < 1.29 is 9.53 Å². The molecule has 0 aliphatic carbocycles. The summed E-state index contributed by atoms with van der Waals surface area (Å²) in [5, 5.41) is 0. The number of rotatable bonds is 7. The van der Waals surface area contributed by atoms with E-state index in [-0.39, 0.29) is 11.5 Å². The van der Waals surface area contributed by atoms with Crippen molar-refractivity contribution in [2.75, 3.05) is 6.61 Å². The van der Waals surface area contributed by atoms with Crippen molar-refractivity contribution in [1.82, 2.24) is 0 Å². The molecule has 13 heavy (non-hydrogen) atoms. The number of hydrogen-bond acceptors (Lipinski definition) is 2. The summed E-state index contributed by atoms with van der Waals surface area (Å²) in [4.78, 5) is 10.4. The zero-order valence-corrected chi connectivity index (χ0v) is 9.30. The van der Waals surface area contributed by atoms with Gasteiger partial charge in [0.1, 0.15) is 6.29 Å². The standard InChI is InChI=1S/C11H22O2/c1-5-13-11(3,4)8-6-7-10(2)9-12/h9-10H,5-8H2,1-4H3. The summed E-state index contributed by atoms with van der Waals surface area (Å²) in [5.41, 5.74) is -0.0304. The van der Waals surface area contributed by atoms with E-state index in [0.29, 0.717) is 0 Å². The summed E-state index contributed by atoms with van der Waals surface area (Å²) >= 11 is 0. The molecular formula is C11H22O2. The molecule has 78 valence electrons. The van der Waals surface area contributed by atoms with Crippen LogP contribution in [0.15, 0.2) is 0 Å². The van der Waals surface area contributed by atoms with Crippen LogP contribution in [0.4, 0.5) is 0 Å². The van der Waals surface area contributed by atoms with Gasteiger partial charge in [-0.2, -0.15) is 0 Å². The van der Waals surface area contributed by atoms with E-state index >= 15 is 0 Å². The van der Waals surface area contributed by atoms with Crippen molar-refractivity contribution >= 4 is 6.29 Å². The molecule has 0 aliphatic heterocycles. The van der Waals surface area contributed by atoms with Gasteiger partial charge in [0, 0.05) is 12.5 Å². The molecule has 0 fully saturated rings. The zero-order valence-electron chi connectivity index (χ0n) is 9.30. The molecule has 0 aromatic carbocycles. The Labute approximate surface area is 81.7 Å². The second-order valence-corrected chi connectivity index (χ2v) is 4.20. The molecule has 0 bridgehead atoms. The summed E-state index contributed by atoms with van der Waals surface area (Å²) in [6.45, 7) is 8.93. The molecule has 0 saturated heterocycles. The Balaban J connectivity index is 3.56. The van der Waals surface area contributed by atoms with Crippen molar-refractivity contribution in [3.63, 3.8) is 0 Å². The maximum absolute atomic E-state index is 10.4. The Morgan fingerprint density at radius 2 is 2.08 bits per heavy atom. The summed E-state index contributed by atoms with van der Waals surface area (Å²) < 4.78 is 5.56. The van der Waals surface area contributed by atoms with Crippen LogP contribution in [0.25, 0.3) is 0 Å². The van der Waals surface area contributed by atoms with Crippen LogP contribution in [0.2, 0.25) is 0 Å². The van der Waals surface area contributed by atoms with Gasteiger partial charge in [-0.25, -0.2) is 0 Å². The lowest BCUT2D eigenvalue weighted by Gasteiger charge is -2.24. The van der Waals surface area contributed by atoms with Crippen LogP contribution in [0.5, 0.6) is 0 Å². The SMILES string of the molecule is CCOC(C)(C)CCCC(C)C=O. The molecule has 0 N–H and O–H groups in total. The van der Waals surface area contributed by atoms with Gasteiger partial charge in [0.15, 0.2) is 0 Å². The molecule has 0 rings (SSSR count). The first-order valence-corrected chi connectivity index (χ1v) is 5.11. The fraction of sp³-hybridized carbons (Fsp3) is 0.909. The molecule has 0 radical (unpaired) electrons. The molecule has 0 spiro atoms. The Morgan fingerprint density at radius 3 is 2.54 bits per heavy atom. The molecule has 0 aliphatic rings. The van der Waals surface area contributed by atoms with E-state index < -0.39 is 0 Å².